The van der Waals surface area contributed by atoms with Gasteiger partial charge in [0.15, 0.2) is 0 Å². The van der Waals surface area contributed by atoms with Crippen LogP contribution >= 0.6 is 11.3 Å². The Hall–Kier alpha value is -0.420. The summed E-state index contributed by atoms with van der Waals surface area (Å²) in [7, 11) is 3.89. The molecule has 0 aliphatic carbocycles. The molecule has 0 saturated heterocycles. The Labute approximate surface area is 109 Å². The minimum Gasteiger partial charge on any atom is -0.383 e. The van der Waals surface area contributed by atoms with E-state index in [1.54, 1.807) is 7.11 Å². The van der Waals surface area contributed by atoms with E-state index in [4.69, 9.17) is 4.74 Å². The molecule has 0 atom stereocenters. The van der Waals surface area contributed by atoms with E-state index in [2.05, 4.69) is 37.2 Å². The molecule has 1 heterocycles. The Kier molecular flexibility index (Phi) is 6.73. The van der Waals surface area contributed by atoms with Crippen molar-refractivity contribution >= 4 is 11.3 Å². The van der Waals surface area contributed by atoms with Gasteiger partial charge in [-0.2, -0.15) is 0 Å². The maximum absolute atomic E-state index is 5.09. The van der Waals surface area contributed by atoms with Crippen molar-refractivity contribution in [1.29, 1.82) is 0 Å². The molecule has 0 amide bonds. The molecule has 0 spiro atoms. The van der Waals surface area contributed by atoms with Gasteiger partial charge < -0.3 is 10.1 Å². The van der Waals surface area contributed by atoms with Crippen LogP contribution < -0.4 is 5.32 Å². The molecule has 0 fully saturated rings. The van der Waals surface area contributed by atoms with Crippen LogP contribution in [0.5, 0.6) is 0 Å². The molecule has 4 heteroatoms. The quantitative estimate of drug-likeness (QED) is 0.772. The van der Waals surface area contributed by atoms with Gasteiger partial charge in [0.25, 0.3) is 0 Å². The number of hydrogen-bond donors (Lipinski definition) is 1. The Morgan fingerprint density at radius 2 is 2.24 bits per heavy atom. The molecule has 1 aromatic heterocycles. The lowest BCUT2D eigenvalue weighted by Gasteiger charge is -2.15. The molecule has 0 aliphatic heterocycles. The maximum Gasteiger partial charge on any atom is 0.0589 e. The van der Waals surface area contributed by atoms with Gasteiger partial charge in [-0.25, -0.2) is 0 Å². The van der Waals surface area contributed by atoms with Crippen LogP contribution in [-0.2, 0) is 17.8 Å². The van der Waals surface area contributed by atoms with E-state index in [-0.39, 0.29) is 0 Å². The summed E-state index contributed by atoms with van der Waals surface area (Å²) in [5.74, 6) is 0. The molecule has 1 aromatic rings. The fourth-order valence-corrected chi connectivity index (χ4v) is 2.72. The van der Waals surface area contributed by atoms with Crippen molar-refractivity contribution in [1.82, 2.24) is 10.2 Å². The lowest BCUT2D eigenvalue weighted by molar-refractivity contribution is 0.158. The highest BCUT2D eigenvalue weighted by molar-refractivity contribution is 7.12. The Bertz CT molecular complexity index is 325. The lowest BCUT2D eigenvalue weighted by Crippen LogP contribution is -2.22. The second-order valence-electron chi connectivity index (χ2n) is 4.31. The van der Waals surface area contributed by atoms with Gasteiger partial charge in [-0.3, -0.25) is 4.90 Å². The molecule has 1 rings (SSSR count). The van der Waals surface area contributed by atoms with E-state index >= 15 is 0 Å². The van der Waals surface area contributed by atoms with Crippen LogP contribution in [-0.4, -0.2) is 38.8 Å². The van der Waals surface area contributed by atoms with E-state index in [9.17, 15) is 0 Å². The molecule has 0 radical (unpaired) electrons. The monoisotopic (exact) mass is 256 g/mol. The van der Waals surface area contributed by atoms with Crippen molar-refractivity contribution < 1.29 is 4.74 Å². The van der Waals surface area contributed by atoms with Crippen LogP contribution in [0.15, 0.2) is 6.07 Å². The summed E-state index contributed by atoms with van der Waals surface area (Å²) in [6.45, 7) is 9.15. The van der Waals surface area contributed by atoms with Crippen LogP contribution in [0, 0.1) is 6.92 Å². The third-order valence-corrected chi connectivity index (χ3v) is 3.83. The number of aryl methyl sites for hydroxylation is 1. The average molecular weight is 256 g/mol. The van der Waals surface area contributed by atoms with Crippen molar-refractivity contribution in [2.24, 2.45) is 0 Å². The molecule has 1 N–H and O–H groups in total. The molecule has 3 nitrogen and oxygen atoms in total. The molecule has 0 unspecified atom stereocenters. The van der Waals surface area contributed by atoms with Crippen LogP contribution in [0.25, 0.3) is 0 Å². The van der Waals surface area contributed by atoms with Gasteiger partial charge in [-0.15, -0.1) is 11.3 Å². The molecule has 0 bridgehead atoms. The summed E-state index contributed by atoms with van der Waals surface area (Å²) in [5, 5.41) is 3.37. The summed E-state index contributed by atoms with van der Waals surface area (Å²) in [5.41, 5.74) is 1.45. The minimum atomic E-state index is 0.796. The normalized spacial score (nSPS) is 11.4. The first-order valence-electron chi connectivity index (χ1n) is 6.13. The van der Waals surface area contributed by atoms with Gasteiger partial charge in [-0.1, -0.05) is 6.92 Å². The van der Waals surface area contributed by atoms with E-state index in [1.165, 1.54) is 15.3 Å². The van der Waals surface area contributed by atoms with E-state index in [0.29, 0.717) is 0 Å². The van der Waals surface area contributed by atoms with Crippen molar-refractivity contribution in [2.75, 3.05) is 33.9 Å². The first-order valence-corrected chi connectivity index (χ1v) is 6.95. The largest absolute Gasteiger partial charge is 0.383 e. The molecule has 17 heavy (non-hydrogen) atoms. The van der Waals surface area contributed by atoms with Gasteiger partial charge in [0.2, 0.25) is 0 Å². The predicted molar refractivity (Wildman–Crippen MR) is 74.6 cm³/mol. The van der Waals surface area contributed by atoms with Crippen LogP contribution in [0.4, 0.5) is 0 Å². The Morgan fingerprint density at radius 3 is 2.88 bits per heavy atom. The summed E-state index contributed by atoms with van der Waals surface area (Å²) >= 11 is 1.90. The second-order valence-corrected chi connectivity index (χ2v) is 5.65. The number of nitrogens with one attached hydrogen (secondary N) is 1. The number of hydrogen-bond acceptors (Lipinski definition) is 4. The number of nitrogens with zero attached hydrogens (tertiary/aromatic N) is 1. The van der Waals surface area contributed by atoms with Crippen molar-refractivity contribution in [3.05, 3.63) is 21.4 Å². The Balaban J connectivity index is 2.49. The zero-order valence-corrected chi connectivity index (χ0v) is 12.2. The highest BCUT2D eigenvalue weighted by Gasteiger charge is 2.07. The van der Waals surface area contributed by atoms with E-state index < -0.39 is 0 Å². The number of thiophene rings is 1. The zero-order chi connectivity index (χ0) is 12.7. The number of ether oxygens (including phenoxy) is 1. The van der Waals surface area contributed by atoms with Gasteiger partial charge in [-0.05, 0) is 32.1 Å². The SMILES string of the molecule is CCNCc1cc(CN(C)CCOC)c(C)s1. The predicted octanol–water partition coefficient (Wildman–Crippen LogP) is 2.24. The summed E-state index contributed by atoms with van der Waals surface area (Å²) in [6.07, 6.45) is 0. The minimum absolute atomic E-state index is 0.796. The first kappa shape index (κ1) is 14.6. The smallest absolute Gasteiger partial charge is 0.0589 e. The molecular weight excluding hydrogens is 232 g/mol. The highest BCUT2D eigenvalue weighted by Crippen LogP contribution is 2.22. The molecule has 0 saturated carbocycles. The lowest BCUT2D eigenvalue weighted by atomic mass is 10.2. The summed E-state index contributed by atoms with van der Waals surface area (Å²) < 4.78 is 5.09. The van der Waals surface area contributed by atoms with Crippen molar-refractivity contribution in [2.45, 2.75) is 26.9 Å². The van der Waals surface area contributed by atoms with Crippen molar-refractivity contribution in [3.63, 3.8) is 0 Å². The first-order chi connectivity index (χ1) is 8.17. The van der Waals surface area contributed by atoms with Gasteiger partial charge in [0.05, 0.1) is 6.61 Å². The Morgan fingerprint density at radius 1 is 1.47 bits per heavy atom. The standard InChI is InChI=1S/C13H24N2OS/c1-5-14-9-13-8-12(11(2)17-13)10-15(3)6-7-16-4/h8,14H,5-7,9-10H2,1-4H3. The molecular formula is C13H24N2OS. The maximum atomic E-state index is 5.09. The number of likely N-dealkylation sites (N-methyl/N-ethyl adjacent to an activating group) is 1. The van der Waals surface area contributed by atoms with E-state index in [0.717, 1.165) is 32.8 Å². The van der Waals surface area contributed by atoms with Crippen LogP contribution in [0.1, 0.15) is 22.2 Å². The molecule has 0 aliphatic rings. The van der Waals surface area contributed by atoms with Crippen LogP contribution in [0.3, 0.4) is 0 Å². The summed E-state index contributed by atoms with van der Waals surface area (Å²) in [4.78, 5) is 5.16. The molecule has 0 aromatic carbocycles. The van der Waals surface area contributed by atoms with Gasteiger partial charge >= 0.3 is 0 Å². The van der Waals surface area contributed by atoms with E-state index in [1.807, 2.05) is 11.3 Å². The zero-order valence-electron chi connectivity index (χ0n) is 11.4. The van der Waals surface area contributed by atoms with Crippen molar-refractivity contribution in [3.8, 4) is 0 Å². The van der Waals surface area contributed by atoms with Crippen LogP contribution in [0.2, 0.25) is 0 Å². The fourth-order valence-electron chi connectivity index (χ4n) is 1.70. The van der Waals surface area contributed by atoms with Gasteiger partial charge in [0, 0.05) is 36.5 Å². The highest BCUT2D eigenvalue weighted by atomic mass is 32.1. The molecule has 98 valence electrons. The third-order valence-electron chi connectivity index (χ3n) is 2.74. The summed E-state index contributed by atoms with van der Waals surface area (Å²) in [6, 6.07) is 2.33. The second kappa shape index (κ2) is 7.82. The topological polar surface area (TPSA) is 24.5 Å². The third kappa shape index (κ3) is 5.17. The van der Waals surface area contributed by atoms with Gasteiger partial charge in [0.1, 0.15) is 0 Å². The number of rotatable bonds is 8. The number of methoxy groups -OCH3 is 1. The fraction of sp³-hybridized carbons (Fsp3) is 0.692. The average Bonchev–Trinajstić information content (AvgIpc) is 2.65.